The Labute approximate surface area is 111 Å². The predicted octanol–water partition coefficient (Wildman–Crippen LogP) is 4.69. The van der Waals surface area contributed by atoms with Gasteiger partial charge in [0.2, 0.25) is 0 Å². The van der Waals surface area contributed by atoms with E-state index in [0.717, 1.165) is 29.9 Å². The first-order valence-corrected chi connectivity index (χ1v) is 6.52. The van der Waals surface area contributed by atoms with Gasteiger partial charge in [-0.05, 0) is 44.9 Å². The van der Waals surface area contributed by atoms with Gasteiger partial charge in [0.15, 0.2) is 11.5 Å². The van der Waals surface area contributed by atoms with E-state index in [0.29, 0.717) is 0 Å². The van der Waals surface area contributed by atoms with Crippen molar-refractivity contribution in [2.45, 2.75) is 46.1 Å². The lowest BCUT2D eigenvalue weighted by Gasteiger charge is -2.27. The Morgan fingerprint density at radius 1 is 1.22 bits per heavy atom. The molecule has 100 valence electrons. The van der Waals surface area contributed by atoms with Crippen LogP contribution in [0, 0.1) is 0 Å². The maximum absolute atomic E-state index is 6.05. The van der Waals surface area contributed by atoms with Crippen molar-refractivity contribution in [2.75, 3.05) is 7.11 Å². The number of methoxy groups -OCH3 is 1. The largest absolute Gasteiger partial charge is 0.493 e. The van der Waals surface area contributed by atoms with Gasteiger partial charge in [-0.1, -0.05) is 31.6 Å². The minimum absolute atomic E-state index is 0.163. The minimum atomic E-state index is -0.163. The van der Waals surface area contributed by atoms with Crippen molar-refractivity contribution >= 4 is 6.08 Å². The normalized spacial score (nSPS) is 11.8. The first-order chi connectivity index (χ1) is 8.52. The van der Waals surface area contributed by atoms with Crippen LogP contribution in [-0.2, 0) is 0 Å². The number of benzene rings is 1. The molecule has 0 unspecified atom stereocenters. The summed E-state index contributed by atoms with van der Waals surface area (Å²) in [6.07, 6.45) is 6.18. The molecule has 1 rings (SSSR count). The smallest absolute Gasteiger partial charge is 0.162 e. The van der Waals surface area contributed by atoms with Crippen molar-refractivity contribution in [3.63, 3.8) is 0 Å². The zero-order valence-electron chi connectivity index (χ0n) is 12.1. The number of rotatable bonds is 6. The molecular formula is C16H24O2. The van der Waals surface area contributed by atoms with Gasteiger partial charge in [0.05, 0.1) is 7.11 Å². The summed E-state index contributed by atoms with van der Waals surface area (Å²) in [7, 11) is 1.68. The second-order valence-electron chi connectivity index (χ2n) is 5.02. The van der Waals surface area contributed by atoms with Crippen molar-refractivity contribution in [3.05, 3.63) is 29.8 Å². The van der Waals surface area contributed by atoms with Crippen LogP contribution in [-0.4, -0.2) is 12.7 Å². The van der Waals surface area contributed by atoms with Crippen LogP contribution in [0.3, 0.4) is 0 Å². The lowest BCUT2D eigenvalue weighted by atomic mass is 10.0. The van der Waals surface area contributed by atoms with Gasteiger partial charge >= 0.3 is 0 Å². The summed E-state index contributed by atoms with van der Waals surface area (Å²) in [6, 6.07) is 6.02. The van der Waals surface area contributed by atoms with Crippen LogP contribution >= 0.6 is 0 Å². The Bertz CT molecular complexity index is 406. The number of hydrogen-bond acceptors (Lipinski definition) is 2. The quantitative estimate of drug-likeness (QED) is 0.727. The van der Waals surface area contributed by atoms with E-state index in [-0.39, 0.29) is 5.60 Å². The van der Waals surface area contributed by atoms with E-state index in [1.807, 2.05) is 37.3 Å². The monoisotopic (exact) mass is 248 g/mol. The molecule has 1 aromatic rings. The van der Waals surface area contributed by atoms with E-state index in [2.05, 4.69) is 20.8 Å². The molecule has 0 atom stereocenters. The van der Waals surface area contributed by atoms with Crippen LogP contribution in [0.25, 0.3) is 6.08 Å². The van der Waals surface area contributed by atoms with Crippen molar-refractivity contribution in [3.8, 4) is 11.5 Å². The lowest BCUT2D eigenvalue weighted by Crippen LogP contribution is -2.27. The number of allylic oxidation sites excluding steroid dienone is 1. The van der Waals surface area contributed by atoms with Gasteiger partial charge in [0.25, 0.3) is 0 Å². The third-order valence-corrected chi connectivity index (χ3v) is 2.79. The fraction of sp³-hybridized carbons (Fsp3) is 0.500. The molecule has 0 fully saturated rings. The molecule has 0 aliphatic heterocycles. The van der Waals surface area contributed by atoms with E-state index in [4.69, 9.17) is 9.47 Å². The Morgan fingerprint density at radius 2 is 1.94 bits per heavy atom. The summed E-state index contributed by atoms with van der Waals surface area (Å²) in [5, 5.41) is 0. The molecule has 0 saturated carbocycles. The first-order valence-electron chi connectivity index (χ1n) is 6.52. The van der Waals surface area contributed by atoms with Crippen LogP contribution in [0.5, 0.6) is 11.5 Å². The molecule has 0 aliphatic rings. The van der Waals surface area contributed by atoms with E-state index in [9.17, 15) is 0 Å². The van der Waals surface area contributed by atoms with E-state index >= 15 is 0 Å². The maximum Gasteiger partial charge on any atom is 0.162 e. The van der Waals surface area contributed by atoms with Crippen molar-refractivity contribution in [1.29, 1.82) is 0 Å². The highest BCUT2D eigenvalue weighted by Gasteiger charge is 2.20. The predicted molar refractivity (Wildman–Crippen MR) is 77.3 cm³/mol. The zero-order chi connectivity index (χ0) is 13.6. The van der Waals surface area contributed by atoms with Crippen LogP contribution in [0.4, 0.5) is 0 Å². The third kappa shape index (κ3) is 4.10. The summed E-state index contributed by atoms with van der Waals surface area (Å²) >= 11 is 0. The molecule has 0 radical (unpaired) electrons. The molecule has 1 aromatic carbocycles. The Kier molecular flexibility index (Phi) is 5.26. The van der Waals surface area contributed by atoms with E-state index < -0.39 is 0 Å². The Hall–Kier alpha value is -1.44. The first kappa shape index (κ1) is 14.6. The fourth-order valence-electron chi connectivity index (χ4n) is 2.02. The molecule has 18 heavy (non-hydrogen) atoms. The van der Waals surface area contributed by atoms with Crippen LogP contribution in [0.15, 0.2) is 24.3 Å². The van der Waals surface area contributed by atoms with Gasteiger partial charge < -0.3 is 9.47 Å². The zero-order valence-corrected chi connectivity index (χ0v) is 12.1. The molecule has 0 aliphatic carbocycles. The SMILES string of the molecule is CC=Cc1ccc(OC(C)(C)CCC)c(OC)c1. The fourth-order valence-corrected chi connectivity index (χ4v) is 2.02. The second-order valence-corrected chi connectivity index (χ2v) is 5.02. The van der Waals surface area contributed by atoms with Crippen molar-refractivity contribution < 1.29 is 9.47 Å². The molecule has 0 N–H and O–H groups in total. The highest BCUT2D eigenvalue weighted by Crippen LogP contribution is 2.32. The molecule has 0 amide bonds. The number of ether oxygens (including phenoxy) is 2. The van der Waals surface area contributed by atoms with Gasteiger partial charge in [0, 0.05) is 0 Å². The summed E-state index contributed by atoms with van der Waals surface area (Å²) in [4.78, 5) is 0. The molecule has 2 heteroatoms. The van der Waals surface area contributed by atoms with Gasteiger partial charge in [-0.2, -0.15) is 0 Å². The summed E-state index contributed by atoms with van der Waals surface area (Å²) in [5.41, 5.74) is 0.958. The van der Waals surface area contributed by atoms with Gasteiger partial charge in [-0.15, -0.1) is 0 Å². The van der Waals surface area contributed by atoms with Crippen molar-refractivity contribution in [2.24, 2.45) is 0 Å². The van der Waals surface area contributed by atoms with Crippen molar-refractivity contribution in [1.82, 2.24) is 0 Å². The standard InChI is InChI=1S/C16H24O2/c1-6-8-13-9-10-14(15(12-13)17-5)18-16(3,4)11-7-2/h6,8-10,12H,7,11H2,1-5H3. The second kappa shape index (κ2) is 6.48. The van der Waals surface area contributed by atoms with E-state index in [1.165, 1.54) is 0 Å². The lowest BCUT2D eigenvalue weighted by molar-refractivity contribution is 0.0944. The molecule has 2 nitrogen and oxygen atoms in total. The van der Waals surface area contributed by atoms with Gasteiger partial charge in [-0.25, -0.2) is 0 Å². The van der Waals surface area contributed by atoms with Crippen LogP contribution in [0.1, 0.15) is 46.1 Å². The number of hydrogen-bond donors (Lipinski definition) is 0. The molecule has 0 aromatic heterocycles. The van der Waals surface area contributed by atoms with Gasteiger partial charge in [-0.3, -0.25) is 0 Å². The average Bonchev–Trinajstić information content (AvgIpc) is 2.31. The summed E-state index contributed by atoms with van der Waals surface area (Å²) < 4.78 is 11.4. The third-order valence-electron chi connectivity index (χ3n) is 2.79. The topological polar surface area (TPSA) is 18.5 Å². The molecule has 0 bridgehead atoms. The van der Waals surface area contributed by atoms with Gasteiger partial charge in [0.1, 0.15) is 5.60 Å². The highest BCUT2D eigenvalue weighted by atomic mass is 16.5. The summed E-state index contributed by atoms with van der Waals surface area (Å²) in [6.45, 7) is 8.38. The van der Waals surface area contributed by atoms with E-state index in [1.54, 1.807) is 7.11 Å². The molecule has 0 saturated heterocycles. The minimum Gasteiger partial charge on any atom is -0.493 e. The summed E-state index contributed by atoms with van der Waals surface area (Å²) in [5.74, 6) is 1.60. The molecular weight excluding hydrogens is 224 g/mol. The molecule has 0 spiro atoms. The maximum atomic E-state index is 6.05. The van der Waals surface area contributed by atoms with Crippen LogP contribution < -0.4 is 9.47 Å². The Balaban J connectivity index is 2.95. The average molecular weight is 248 g/mol. The van der Waals surface area contributed by atoms with Crippen LogP contribution in [0.2, 0.25) is 0 Å². The molecule has 0 heterocycles. The highest BCUT2D eigenvalue weighted by molar-refractivity contribution is 5.55. The Morgan fingerprint density at radius 3 is 2.50 bits per heavy atom.